The van der Waals surface area contributed by atoms with E-state index in [-0.39, 0.29) is 5.28 Å². The lowest BCUT2D eigenvalue weighted by Gasteiger charge is -2.09. The number of fused-ring (bicyclic) bond motifs is 1. The Morgan fingerprint density at radius 2 is 1.90 bits per heavy atom. The van der Waals surface area contributed by atoms with Crippen molar-refractivity contribution >= 4 is 44.8 Å². The van der Waals surface area contributed by atoms with Crippen molar-refractivity contribution in [1.82, 2.24) is 9.97 Å². The number of benzene rings is 1. The number of aromatic nitrogens is 2. The van der Waals surface area contributed by atoms with Crippen molar-refractivity contribution in [1.29, 1.82) is 0 Å². The highest BCUT2D eigenvalue weighted by Crippen LogP contribution is 2.34. The number of hydrogen-bond acceptors (Lipinski definition) is 4. The molecule has 6 heteroatoms. The van der Waals surface area contributed by atoms with Crippen LogP contribution in [0, 0.1) is 13.8 Å². The van der Waals surface area contributed by atoms with E-state index in [1.165, 1.54) is 0 Å². The van der Waals surface area contributed by atoms with Crippen LogP contribution in [-0.4, -0.2) is 9.97 Å². The molecule has 0 unspecified atom stereocenters. The SMILES string of the molecule is Cc1cc2c(Oc3ccc(Cl)cc3C)nc(Cl)nc2s1. The average Bonchev–Trinajstić information content (AvgIpc) is 2.73. The fourth-order valence-corrected chi connectivity index (χ4v) is 3.21. The van der Waals surface area contributed by atoms with E-state index in [0.717, 1.165) is 20.7 Å². The molecule has 0 saturated carbocycles. The van der Waals surface area contributed by atoms with Gasteiger partial charge in [-0.25, -0.2) is 4.98 Å². The molecule has 3 nitrogen and oxygen atoms in total. The largest absolute Gasteiger partial charge is 0.438 e. The van der Waals surface area contributed by atoms with Crippen LogP contribution in [0.5, 0.6) is 11.6 Å². The van der Waals surface area contributed by atoms with Crippen molar-refractivity contribution in [2.45, 2.75) is 13.8 Å². The van der Waals surface area contributed by atoms with Crippen LogP contribution >= 0.6 is 34.5 Å². The molecule has 0 bridgehead atoms. The lowest BCUT2D eigenvalue weighted by Crippen LogP contribution is -1.92. The molecular weight excluding hydrogens is 315 g/mol. The number of halogens is 2. The van der Waals surface area contributed by atoms with Crippen LogP contribution in [0.25, 0.3) is 10.2 Å². The molecule has 0 aliphatic heterocycles. The van der Waals surface area contributed by atoms with Crippen molar-refractivity contribution in [3.8, 4) is 11.6 Å². The summed E-state index contributed by atoms with van der Waals surface area (Å²) in [5.74, 6) is 1.17. The van der Waals surface area contributed by atoms with Crippen molar-refractivity contribution in [3.63, 3.8) is 0 Å². The fourth-order valence-electron chi connectivity index (χ4n) is 1.90. The quantitative estimate of drug-likeness (QED) is 0.591. The second kappa shape index (κ2) is 5.20. The molecule has 20 heavy (non-hydrogen) atoms. The normalized spacial score (nSPS) is 11.0. The first-order valence-corrected chi connectivity index (χ1v) is 7.48. The van der Waals surface area contributed by atoms with Gasteiger partial charge in [-0.2, -0.15) is 4.98 Å². The van der Waals surface area contributed by atoms with Crippen molar-refractivity contribution < 1.29 is 4.74 Å². The van der Waals surface area contributed by atoms with E-state index in [1.54, 1.807) is 17.4 Å². The molecule has 0 amide bonds. The predicted molar refractivity (Wildman–Crippen MR) is 83.4 cm³/mol. The highest BCUT2D eigenvalue weighted by atomic mass is 35.5. The van der Waals surface area contributed by atoms with Gasteiger partial charge in [0.25, 0.3) is 0 Å². The lowest BCUT2D eigenvalue weighted by atomic mass is 10.2. The molecule has 0 aliphatic carbocycles. The van der Waals surface area contributed by atoms with E-state index >= 15 is 0 Å². The van der Waals surface area contributed by atoms with Crippen LogP contribution in [0.3, 0.4) is 0 Å². The number of hydrogen-bond donors (Lipinski definition) is 0. The predicted octanol–water partition coefficient (Wildman–Crippen LogP) is 5.41. The maximum Gasteiger partial charge on any atom is 0.232 e. The Balaban J connectivity index is 2.10. The second-order valence-corrected chi connectivity index (χ2v) is 6.39. The molecule has 0 fully saturated rings. The third-order valence-corrected chi connectivity index (χ3v) is 4.15. The van der Waals surface area contributed by atoms with E-state index in [9.17, 15) is 0 Å². The topological polar surface area (TPSA) is 35.0 Å². The smallest absolute Gasteiger partial charge is 0.232 e. The molecule has 0 radical (unpaired) electrons. The Kier molecular flexibility index (Phi) is 3.54. The Morgan fingerprint density at radius 3 is 2.65 bits per heavy atom. The first-order valence-electron chi connectivity index (χ1n) is 5.90. The number of ether oxygens (including phenoxy) is 1. The van der Waals surface area contributed by atoms with E-state index in [1.807, 2.05) is 32.0 Å². The highest BCUT2D eigenvalue weighted by molar-refractivity contribution is 7.18. The van der Waals surface area contributed by atoms with Crippen molar-refractivity contribution in [2.24, 2.45) is 0 Å². The van der Waals surface area contributed by atoms with Crippen LogP contribution in [0.4, 0.5) is 0 Å². The minimum absolute atomic E-state index is 0.181. The minimum atomic E-state index is 0.181. The Hall–Kier alpha value is -1.36. The van der Waals surface area contributed by atoms with Crippen LogP contribution in [-0.2, 0) is 0 Å². The summed E-state index contributed by atoms with van der Waals surface area (Å²) >= 11 is 13.5. The summed E-state index contributed by atoms with van der Waals surface area (Å²) in [5, 5.41) is 1.72. The summed E-state index contributed by atoms with van der Waals surface area (Å²) in [7, 11) is 0. The molecule has 0 N–H and O–H groups in total. The number of rotatable bonds is 2. The summed E-state index contributed by atoms with van der Waals surface area (Å²) in [6.07, 6.45) is 0. The molecule has 0 spiro atoms. The third kappa shape index (κ3) is 2.59. The Morgan fingerprint density at radius 1 is 1.10 bits per heavy atom. The summed E-state index contributed by atoms with van der Waals surface area (Å²) in [6, 6.07) is 7.44. The van der Waals surface area contributed by atoms with Gasteiger partial charge in [-0.15, -0.1) is 11.3 Å². The van der Waals surface area contributed by atoms with E-state index in [0.29, 0.717) is 16.7 Å². The molecular formula is C14H10Cl2N2OS. The van der Waals surface area contributed by atoms with Gasteiger partial charge in [-0.3, -0.25) is 0 Å². The zero-order valence-electron chi connectivity index (χ0n) is 10.8. The molecule has 2 heterocycles. The number of aryl methyl sites for hydroxylation is 2. The van der Waals surface area contributed by atoms with Gasteiger partial charge in [0.1, 0.15) is 10.6 Å². The highest BCUT2D eigenvalue weighted by Gasteiger charge is 2.12. The monoisotopic (exact) mass is 324 g/mol. The van der Waals surface area contributed by atoms with Gasteiger partial charge in [0, 0.05) is 9.90 Å². The number of nitrogens with zero attached hydrogens (tertiary/aromatic N) is 2. The molecule has 102 valence electrons. The van der Waals surface area contributed by atoms with E-state index < -0.39 is 0 Å². The molecule has 0 aliphatic rings. The molecule has 2 aromatic heterocycles. The average molecular weight is 325 g/mol. The molecule has 3 aromatic rings. The number of thiophene rings is 1. The zero-order chi connectivity index (χ0) is 14.3. The standard InChI is InChI=1S/C14H10Cl2N2OS/c1-7-5-9(15)3-4-11(7)19-12-10-6-8(2)20-13(10)18-14(16)17-12/h3-6H,1-2H3. The van der Waals surface area contributed by atoms with Crippen LogP contribution in [0.2, 0.25) is 10.3 Å². The van der Waals surface area contributed by atoms with Gasteiger partial charge >= 0.3 is 0 Å². The van der Waals surface area contributed by atoms with Crippen LogP contribution in [0.1, 0.15) is 10.4 Å². The molecule has 0 saturated heterocycles. The zero-order valence-corrected chi connectivity index (χ0v) is 13.1. The summed E-state index contributed by atoms with van der Waals surface area (Å²) < 4.78 is 5.88. The third-order valence-electron chi connectivity index (χ3n) is 2.80. The van der Waals surface area contributed by atoms with E-state index in [4.69, 9.17) is 27.9 Å². The molecule has 0 atom stereocenters. The Bertz CT molecular complexity index is 801. The summed E-state index contributed by atoms with van der Waals surface area (Å²) in [4.78, 5) is 10.3. The van der Waals surface area contributed by atoms with Crippen molar-refractivity contribution in [2.75, 3.05) is 0 Å². The molecule has 1 aromatic carbocycles. The van der Waals surface area contributed by atoms with Crippen LogP contribution in [0.15, 0.2) is 24.3 Å². The van der Waals surface area contributed by atoms with Gasteiger partial charge in [0.05, 0.1) is 5.39 Å². The maximum absolute atomic E-state index is 5.95. The molecule has 3 rings (SSSR count). The lowest BCUT2D eigenvalue weighted by molar-refractivity contribution is 0.465. The van der Waals surface area contributed by atoms with Crippen molar-refractivity contribution in [3.05, 3.63) is 45.0 Å². The second-order valence-electron chi connectivity index (χ2n) is 4.39. The Labute approximate surface area is 130 Å². The van der Waals surface area contributed by atoms with Gasteiger partial charge in [0.2, 0.25) is 11.2 Å². The summed E-state index contributed by atoms with van der Waals surface area (Å²) in [6.45, 7) is 3.94. The first-order chi connectivity index (χ1) is 9.52. The van der Waals surface area contributed by atoms with Gasteiger partial charge in [-0.05, 0) is 55.3 Å². The van der Waals surface area contributed by atoms with Gasteiger partial charge in [0.15, 0.2) is 0 Å². The van der Waals surface area contributed by atoms with Gasteiger partial charge in [-0.1, -0.05) is 11.6 Å². The van der Waals surface area contributed by atoms with Gasteiger partial charge < -0.3 is 4.74 Å². The maximum atomic E-state index is 5.95. The minimum Gasteiger partial charge on any atom is -0.438 e. The van der Waals surface area contributed by atoms with E-state index in [2.05, 4.69) is 9.97 Å². The fraction of sp³-hybridized carbons (Fsp3) is 0.143. The van der Waals surface area contributed by atoms with Crippen LogP contribution < -0.4 is 4.74 Å². The summed E-state index contributed by atoms with van der Waals surface area (Å²) in [5.41, 5.74) is 0.937. The first kappa shape index (κ1) is 13.6.